The van der Waals surface area contributed by atoms with E-state index < -0.39 is 11.5 Å². The summed E-state index contributed by atoms with van der Waals surface area (Å²) >= 11 is 0. The predicted octanol–water partition coefficient (Wildman–Crippen LogP) is 0.527. The first-order chi connectivity index (χ1) is 7.87. The number of nitrogens with zero attached hydrogens (tertiary/aromatic N) is 1. The Morgan fingerprint density at radius 3 is 2.59 bits per heavy atom. The Hall–Kier alpha value is -1.30. The Balaban J connectivity index is 2.62. The largest absolute Gasteiger partial charge is 0.479 e. The molecule has 2 N–H and O–H groups in total. The highest BCUT2D eigenvalue weighted by Crippen LogP contribution is 2.19. The summed E-state index contributed by atoms with van der Waals surface area (Å²) in [4.78, 5) is 24.5. The van der Waals surface area contributed by atoms with Gasteiger partial charge in [-0.2, -0.15) is 0 Å². The molecule has 6 heteroatoms. The van der Waals surface area contributed by atoms with E-state index in [0.717, 1.165) is 0 Å². The number of rotatable bonds is 4. The maximum atomic E-state index is 11.8. The number of carboxylic acid groups (broad SMARTS) is 1. The lowest BCUT2D eigenvalue weighted by atomic mass is 9.99. The van der Waals surface area contributed by atoms with Gasteiger partial charge in [0, 0.05) is 26.6 Å². The maximum absolute atomic E-state index is 11.8. The molecule has 0 bridgehead atoms. The molecule has 1 rings (SSSR count). The Morgan fingerprint density at radius 2 is 2.18 bits per heavy atom. The van der Waals surface area contributed by atoms with E-state index in [-0.39, 0.29) is 12.6 Å². The van der Waals surface area contributed by atoms with Crippen molar-refractivity contribution < 1.29 is 19.4 Å². The van der Waals surface area contributed by atoms with Crippen molar-refractivity contribution >= 4 is 12.0 Å². The third kappa shape index (κ3) is 3.33. The van der Waals surface area contributed by atoms with Crippen LogP contribution in [0.1, 0.15) is 20.3 Å². The van der Waals surface area contributed by atoms with Crippen molar-refractivity contribution in [2.75, 3.05) is 26.8 Å². The first-order valence-corrected chi connectivity index (χ1v) is 5.72. The second kappa shape index (κ2) is 5.35. The van der Waals surface area contributed by atoms with Crippen LogP contribution in [0.25, 0.3) is 0 Å². The Morgan fingerprint density at radius 1 is 1.53 bits per heavy atom. The first-order valence-electron chi connectivity index (χ1n) is 5.72. The average molecular weight is 244 g/mol. The van der Waals surface area contributed by atoms with E-state index in [1.165, 1.54) is 4.90 Å². The molecule has 1 heterocycles. The number of urea groups is 1. The molecular weight excluding hydrogens is 224 g/mol. The second-order valence-electron chi connectivity index (χ2n) is 4.89. The van der Waals surface area contributed by atoms with Gasteiger partial charge >= 0.3 is 12.0 Å². The van der Waals surface area contributed by atoms with Crippen LogP contribution in [0.3, 0.4) is 0 Å². The van der Waals surface area contributed by atoms with Crippen molar-refractivity contribution in [1.82, 2.24) is 10.2 Å². The summed E-state index contributed by atoms with van der Waals surface area (Å²) in [7, 11) is 1.65. The fourth-order valence-corrected chi connectivity index (χ4v) is 1.82. The van der Waals surface area contributed by atoms with Gasteiger partial charge in [-0.15, -0.1) is 0 Å². The molecule has 17 heavy (non-hydrogen) atoms. The van der Waals surface area contributed by atoms with Crippen LogP contribution < -0.4 is 5.32 Å². The smallest absolute Gasteiger partial charge is 0.332 e. The molecule has 1 atom stereocenters. The van der Waals surface area contributed by atoms with E-state index in [1.54, 1.807) is 7.05 Å². The highest BCUT2D eigenvalue weighted by Gasteiger charge is 2.44. The number of nitrogens with one attached hydrogen (secondary N) is 1. The number of carboxylic acids is 1. The van der Waals surface area contributed by atoms with Gasteiger partial charge in [-0.05, 0) is 5.92 Å². The van der Waals surface area contributed by atoms with E-state index >= 15 is 0 Å². The van der Waals surface area contributed by atoms with E-state index in [4.69, 9.17) is 9.84 Å². The second-order valence-corrected chi connectivity index (χ2v) is 4.89. The molecule has 1 fully saturated rings. The number of ether oxygens (including phenoxy) is 1. The zero-order valence-corrected chi connectivity index (χ0v) is 10.5. The van der Waals surface area contributed by atoms with Gasteiger partial charge in [0.2, 0.25) is 0 Å². The number of hydrogen-bond acceptors (Lipinski definition) is 3. The number of amides is 2. The van der Waals surface area contributed by atoms with Crippen LogP contribution in [0.5, 0.6) is 0 Å². The van der Waals surface area contributed by atoms with Gasteiger partial charge in [-0.3, -0.25) is 0 Å². The zero-order valence-electron chi connectivity index (χ0n) is 10.5. The van der Waals surface area contributed by atoms with E-state index in [9.17, 15) is 9.59 Å². The molecule has 1 unspecified atom stereocenters. The summed E-state index contributed by atoms with van der Waals surface area (Å²) in [5.74, 6) is -0.701. The average Bonchev–Trinajstić information content (AvgIpc) is 2.66. The van der Waals surface area contributed by atoms with Gasteiger partial charge in [0.25, 0.3) is 0 Å². The lowest BCUT2D eigenvalue weighted by Crippen LogP contribution is -2.58. The topological polar surface area (TPSA) is 78.9 Å². The van der Waals surface area contributed by atoms with Gasteiger partial charge in [0.1, 0.15) is 0 Å². The minimum absolute atomic E-state index is 0.0313. The highest BCUT2D eigenvalue weighted by molar-refractivity contribution is 5.86. The molecule has 1 saturated heterocycles. The minimum Gasteiger partial charge on any atom is -0.479 e. The monoisotopic (exact) mass is 244 g/mol. The Bertz CT molecular complexity index is 298. The van der Waals surface area contributed by atoms with Crippen LogP contribution in [0, 0.1) is 5.92 Å². The van der Waals surface area contributed by atoms with Crippen LogP contribution >= 0.6 is 0 Å². The zero-order chi connectivity index (χ0) is 13.1. The maximum Gasteiger partial charge on any atom is 0.332 e. The fourth-order valence-electron chi connectivity index (χ4n) is 1.82. The molecule has 6 nitrogen and oxygen atoms in total. The summed E-state index contributed by atoms with van der Waals surface area (Å²) in [6.45, 7) is 4.97. The lowest BCUT2D eigenvalue weighted by Gasteiger charge is -2.28. The van der Waals surface area contributed by atoms with E-state index in [2.05, 4.69) is 5.32 Å². The van der Waals surface area contributed by atoms with Gasteiger partial charge in [-0.25, -0.2) is 9.59 Å². The summed E-state index contributed by atoms with van der Waals surface area (Å²) in [6, 6.07) is -0.369. The molecule has 2 amide bonds. The van der Waals surface area contributed by atoms with Gasteiger partial charge in [0.05, 0.1) is 6.61 Å². The molecule has 0 radical (unpaired) electrons. The van der Waals surface area contributed by atoms with Crippen LogP contribution in [0.15, 0.2) is 0 Å². The fraction of sp³-hybridized carbons (Fsp3) is 0.818. The summed E-state index contributed by atoms with van der Waals surface area (Å²) in [5, 5.41) is 11.7. The summed E-state index contributed by atoms with van der Waals surface area (Å²) in [6.07, 6.45) is 0.309. The summed E-state index contributed by atoms with van der Waals surface area (Å²) in [5.41, 5.74) is -1.26. The molecule has 1 aliphatic rings. The van der Waals surface area contributed by atoms with Gasteiger partial charge in [0.15, 0.2) is 5.54 Å². The van der Waals surface area contributed by atoms with Crippen molar-refractivity contribution in [3.63, 3.8) is 0 Å². The molecular formula is C11H20N2O4. The number of aliphatic carboxylic acids is 1. The molecule has 0 saturated carbocycles. The van der Waals surface area contributed by atoms with Crippen molar-refractivity contribution in [2.24, 2.45) is 5.92 Å². The molecule has 0 spiro atoms. The molecule has 0 aromatic carbocycles. The van der Waals surface area contributed by atoms with Crippen LogP contribution in [0.2, 0.25) is 0 Å². The van der Waals surface area contributed by atoms with Crippen molar-refractivity contribution in [3.05, 3.63) is 0 Å². The SMILES string of the molecule is CC(C)CN(C)C(=O)NC1(C(=O)O)CCOC1. The normalized spacial score (nSPS) is 23.8. The van der Waals surface area contributed by atoms with Crippen molar-refractivity contribution in [1.29, 1.82) is 0 Å². The summed E-state index contributed by atoms with van der Waals surface area (Å²) < 4.78 is 5.07. The number of hydrogen-bond donors (Lipinski definition) is 2. The van der Waals surface area contributed by atoms with Crippen molar-refractivity contribution in [3.8, 4) is 0 Å². The highest BCUT2D eigenvalue weighted by atomic mass is 16.5. The number of carbonyl (C=O) groups excluding carboxylic acids is 1. The predicted molar refractivity (Wildman–Crippen MR) is 61.8 cm³/mol. The van der Waals surface area contributed by atoms with Crippen molar-refractivity contribution in [2.45, 2.75) is 25.8 Å². The molecule has 1 aliphatic heterocycles. The Kier molecular flexibility index (Phi) is 4.34. The van der Waals surface area contributed by atoms with E-state index in [0.29, 0.717) is 25.5 Å². The third-order valence-corrected chi connectivity index (χ3v) is 2.76. The molecule has 0 aromatic rings. The van der Waals surface area contributed by atoms with Gasteiger partial charge < -0.3 is 20.1 Å². The minimum atomic E-state index is -1.26. The first kappa shape index (κ1) is 13.8. The quantitative estimate of drug-likeness (QED) is 0.756. The third-order valence-electron chi connectivity index (χ3n) is 2.76. The molecule has 0 aromatic heterocycles. The van der Waals surface area contributed by atoms with Crippen LogP contribution in [-0.2, 0) is 9.53 Å². The lowest BCUT2D eigenvalue weighted by molar-refractivity contribution is -0.144. The van der Waals surface area contributed by atoms with Crippen LogP contribution in [-0.4, -0.2) is 54.4 Å². The molecule has 0 aliphatic carbocycles. The standard InChI is InChI=1S/C11H20N2O4/c1-8(2)6-13(3)10(16)12-11(9(14)15)4-5-17-7-11/h8H,4-7H2,1-3H3,(H,12,16)(H,14,15). The van der Waals surface area contributed by atoms with Gasteiger partial charge in [-0.1, -0.05) is 13.8 Å². The van der Waals surface area contributed by atoms with Crippen LogP contribution in [0.4, 0.5) is 4.79 Å². The molecule has 98 valence electrons. The Labute approximate surface area is 101 Å². The van der Waals surface area contributed by atoms with E-state index in [1.807, 2.05) is 13.8 Å². The number of carbonyl (C=O) groups is 2.